The van der Waals surface area contributed by atoms with Crippen molar-refractivity contribution >= 4 is 21.6 Å². The van der Waals surface area contributed by atoms with Crippen LogP contribution in [0.5, 0.6) is 0 Å². The van der Waals surface area contributed by atoms with E-state index >= 15 is 0 Å². The fourth-order valence-electron chi connectivity index (χ4n) is 0.175. The molecule has 0 bridgehead atoms. The first kappa shape index (κ1) is 8.30. The Hall–Kier alpha value is 0.300. The molecule has 0 fully saturated rings. The highest BCUT2D eigenvalue weighted by Crippen LogP contribution is 2.10. The van der Waals surface area contributed by atoms with Gasteiger partial charge in [-0.25, -0.2) is 8.42 Å². The molecule has 1 atom stereocenters. The molecule has 0 saturated heterocycles. The van der Waals surface area contributed by atoms with Gasteiger partial charge in [0.25, 0.3) is 0 Å². The maximum Gasteiger partial charge on any atom is 0.159 e. The highest BCUT2D eigenvalue weighted by molar-refractivity contribution is 8.12. The third kappa shape index (κ3) is 2.57. The van der Waals surface area contributed by atoms with Crippen molar-refractivity contribution in [3.63, 3.8) is 0 Å². The second kappa shape index (κ2) is 2.73. The molecule has 0 aromatic carbocycles. The van der Waals surface area contributed by atoms with Crippen molar-refractivity contribution in [2.45, 2.75) is 11.5 Å². The first-order chi connectivity index (χ1) is 3.48. The van der Waals surface area contributed by atoms with Crippen LogP contribution in [0.25, 0.3) is 0 Å². The van der Waals surface area contributed by atoms with Crippen molar-refractivity contribution in [3.8, 4) is 0 Å². The average molecular weight is 154 g/mol. The third-order valence-corrected chi connectivity index (χ3v) is 4.43. The summed E-state index contributed by atoms with van der Waals surface area (Å²) in [4.78, 5) is 0. The Balaban J connectivity index is 4.04. The van der Waals surface area contributed by atoms with Crippen LogP contribution in [0.4, 0.5) is 0 Å². The lowest BCUT2D eigenvalue weighted by Gasteiger charge is -2.02. The Kier molecular flexibility index (Phi) is 2.83. The highest BCUT2D eigenvalue weighted by atomic mass is 32.3. The summed E-state index contributed by atoms with van der Waals surface area (Å²) in [5, 5.41) is 0. The van der Waals surface area contributed by atoms with Crippen LogP contribution in [0, 0.1) is 0 Å². The van der Waals surface area contributed by atoms with Crippen molar-refractivity contribution in [1.82, 2.24) is 0 Å². The van der Waals surface area contributed by atoms with Gasteiger partial charge in [0.05, 0.1) is 0 Å². The van der Waals surface area contributed by atoms with Crippen LogP contribution in [0.3, 0.4) is 0 Å². The van der Waals surface area contributed by atoms with E-state index in [1.807, 2.05) is 0 Å². The maximum atomic E-state index is 10.5. The summed E-state index contributed by atoms with van der Waals surface area (Å²) in [6, 6.07) is 0. The van der Waals surface area contributed by atoms with Gasteiger partial charge in [0.2, 0.25) is 0 Å². The molecule has 0 N–H and O–H groups in total. The SMILES string of the molecule is CSC(C)S(C)(=O)=O. The van der Waals surface area contributed by atoms with E-state index in [4.69, 9.17) is 0 Å². The first-order valence-electron chi connectivity index (χ1n) is 2.20. The number of hydrogen-bond acceptors (Lipinski definition) is 3. The molecule has 0 aromatic heterocycles. The Labute approximate surface area is 54.6 Å². The normalized spacial score (nSPS) is 15.9. The van der Waals surface area contributed by atoms with Gasteiger partial charge >= 0.3 is 0 Å². The molecule has 4 heteroatoms. The molecule has 0 heterocycles. The quantitative estimate of drug-likeness (QED) is 0.588. The van der Waals surface area contributed by atoms with Crippen molar-refractivity contribution in [1.29, 1.82) is 0 Å². The van der Waals surface area contributed by atoms with Crippen molar-refractivity contribution in [2.24, 2.45) is 0 Å². The summed E-state index contributed by atoms with van der Waals surface area (Å²) in [5.74, 6) is 0. The zero-order chi connectivity index (χ0) is 6.78. The summed E-state index contributed by atoms with van der Waals surface area (Å²) in [6.07, 6.45) is 3.03. The minimum Gasteiger partial charge on any atom is -0.228 e. The highest BCUT2D eigenvalue weighted by Gasteiger charge is 2.11. The number of hydrogen-bond donors (Lipinski definition) is 0. The standard InChI is InChI=1S/C4H10O2S2/c1-4(7-2)8(3,5)6/h4H,1-3H3. The minimum absolute atomic E-state index is 0.262. The number of rotatable bonds is 2. The molecule has 0 radical (unpaired) electrons. The lowest BCUT2D eigenvalue weighted by Crippen LogP contribution is -2.10. The molecule has 0 rings (SSSR count). The fraction of sp³-hybridized carbons (Fsp3) is 1.00. The molecule has 0 spiro atoms. The zero-order valence-electron chi connectivity index (χ0n) is 5.21. The van der Waals surface area contributed by atoms with Crippen LogP contribution in [-0.4, -0.2) is 25.5 Å². The average Bonchev–Trinajstić information content (AvgIpc) is 1.62. The molecule has 0 amide bonds. The maximum absolute atomic E-state index is 10.5. The number of sulfone groups is 1. The predicted octanol–water partition coefficient (Wildman–Crippen LogP) is 0.740. The lowest BCUT2D eigenvalue weighted by atomic mass is 11.0. The van der Waals surface area contributed by atoms with E-state index in [-0.39, 0.29) is 4.58 Å². The molecule has 8 heavy (non-hydrogen) atoms. The van der Waals surface area contributed by atoms with Crippen LogP contribution in [0.2, 0.25) is 0 Å². The van der Waals surface area contributed by atoms with E-state index in [2.05, 4.69) is 0 Å². The molecular formula is C4H10O2S2. The van der Waals surface area contributed by atoms with Gasteiger partial charge in [-0.2, -0.15) is 0 Å². The summed E-state index contributed by atoms with van der Waals surface area (Å²) in [7, 11) is -2.79. The molecule has 0 aliphatic heterocycles. The topological polar surface area (TPSA) is 34.1 Å². The zero-order valence-corrected chi connectivity index (χ0v) is 6.84. The summed E-state index contributed by atoms with van der Waals surface area (Å²) < 4.78 is 20.8. The van der Waals surface area contributed by atoms with E-state index in [1.54, 1.807) is 13.2 Å². The molecule has 0 aliphatic rings. The molecular weight excluding hydrogens is 144 g/mol. The van der Waals surface area contributed by atoms with Crippen LogP contribution >= 0.6 is 11.8 Å². The molecule has 0 saturated carbocycles. The molecule has 50 valence electrons. The van der Waals surface area contributed by atoms with Gasteiger partial charge in [-0.05, 0) is 13.2 Å². The van der Waals surface area contributed by atoms with Gasteiger partial charge in [0, 0.05) is 6.26 Å². The molecule has 0 aromatic rings. The van der Waals surface area contributed by atoms with Crippen LogP contribution in [-0.2, 0) is 9.84 Å². The second-order valence-electron chi connectivity index (χ2n) is 1.63. The van der Waals surface area contributed by atoms with Gasteiger partial charge in [0.15, 0.2) is 9.84 Å². The van der Waals surface area contributed by atoms with E-state index in [9.17, 15) is 8.42 Å². The second-order valence-corrected chi connectivity index (χ2v) is 5.48. The summed E-state index contributed by atoms with van der Waals surface area (Å²) in [5.41, 5.74) is 0. The van der Waals surface area contributed by atoms with Crippen molar-refractivity contribution in [3.05, 3.63) is 0 Å². The van der Waals surface area contributed by atoms with E-state index in [1.165, 1.54) is 18.0 Å². The van der Waals surface area contributed by atoms with Crippen molar-refractivity contribution < 1.29 is 8.42 Å². The smallest absolute Gasteiger partial charge is 0.159 e. The van der Waals surface area contributed by atoms with E-state index < -0.39 is 9.84 Å². The minimum atomic E-state index is -2.79. The van der Waals surface area contributed by atoms with Gasteiger partial charge in [-0.1, -0.05) is 0 Å². The van der Waals surface area contributed by atoms with Crippen LogP contribution in [0.15, 0.2) is 0 Å². The predicted molar refractivity (Wildman–Crippen MR) is 37.8 cm³/mol. The Morgan fingerprint density at radius 3 is 1.88 bits per heavy atom. The van der Waals surface area contributed by atoms with E-state index in [0.29, 0.717) is 0 Å². The molecule has 1 unspecified atom stereocenters. The molecule has 0 aliphatic carbocycles. The van der Waals surface area contributed by atoms with Crippen LogP contribution < -0.4 is 0 Å². The van der Waals surface area contributed by atoms with Gasteiger partial charge in [0.1, 0.15) is 4.58 Å². The lowest BCUT2D eigenvalue weighted by molar-refractivity contribution is 0.601. The Morgan fingerprint density at radius 1 is 1.50 bits per heavy atom. The van der Waals surface area contributed by atoms with Gasteiger partial charge < -0.3 is 0 Å². The summed E-state index contributed by atoms with van der Waals surface area (Å²) >= 11 is 1.34. The van der Waals surface area contributed by atoms with Crippen LogP contribution in [0.1, 0.15) is 6.92 Å². The first-order valence-corrected chi connectivity index (χ1v) is 5.44. The molecule has 2 nitrogen and oxygen atoms in total. The third-order valence-electron chi connectivity index (χ3n) is 0.935. The fourth-order valence-corrected chi connectivity index (χ4v) is 1.57. The Morgan fingerprint density at radius 2 is 1.88 bits per heavy atom. The van der Waals surface area contributed by atoms with Gasteiger partial charge in [-0.3, -0.25) is 0 Å². The van der Waals surface area contributed by atoms with Gasteiger partial charge in [-0.15, -0.1) is 11.8 Å². The Bertz CT molecular complexity index is 147. The largest absolute Gasteiger partial charge is 0.228 e. The summed E-state index contributed by atoms with van der Waals surface area (Å²) in [6.45, 7) is 1.68. The van der Waals surface area contributed by atoms with Crippen molar-refractivity contribution in [2.75, 3.05) is 12.5 Å². The number of thioether (sulfide) groups is 1. The van der Waals surface area contributed by atoms with E-state index in [0.717, 1.165) is 0 Å². The monoisotopic (exact) mass is 154 g/mol.